The van der Waals surface area contributed by atoms with Gasteiger partial charge in [0.2, 0.25) is 0 Å². The van der Waals surface area contributed by atoms with E-state index < -0.39 is 35.0 Å². The fourth-order valence-electron chi connectivity index (χ4n) is 3.77. The average molecular weight is 463 g/mol. The molecule has 0 bridgehead atoms. The van der Waals surface area contributed by atoms with Crippen LogP contribution in [-0.2, 0) is 18.9 Å². The number of amides is 1. The summed E-state index contributed by atoms with van der Waals surface area (Å²) in [6.07, 6.45) is -7.27. The Hall–Kier alpha value is -2.56. The van der Waals surface area contributed by atoms with Crippen molar-refractivity contribution >= 4 is 5.91 Å². The average Bonchev–Trinajstić information content (AvgIpc) is 3.12. The van der Waals surface area contributed by atoms with Gasteiger partial charge >= 0.3 is 12.4 Å². The van der Waals surface area contributed by atoms with E-state index in [0.29, 0.717) is 37.4 Å². The van der Waals surface area contributed by atoms with Gasteiger partial charge in [0, 0.05) is 24.2 Å². The third kappa shape index (κ3) is 6.47. The molecule has 3 rings (SSSR count). The van der Waals surface area contributed by atoms with Gasteiger partial charge in [-0.05, 0) is 63.3 Å². The summed E-state index contributed by atoms with van der Waals surface area (Å²) in [5.74, 6) is 0.132. The summed E-state index contributed by atoms with van der Waals surface area (Å²) in [6, 6.07) is 2.44. The number of alkyl halides is 6. The smallest absolute Gasteiger partial charge is 0.361 e. The van der Waals surface area contributed by atoms with Crippen molar-refractivity contribution in [1.82, 2.24) is 15.8 Å². The number of hydrogen-bond acceptors (Lipinski definition) is 4. The van der Waals surface area contributed by atoms with Gasteiger partial charge in [-0.3, -0.25) is 4.79 Å². The third-order valence-corrected chi connectivity index (χ3v) is 5.45. The van der Waals surface area contributed by atoms with E-state index in [-0.39, 0.29) is 12.1 Å². The Morgan fingerprint density at radius 1 is 1.00 bits per heavy atom. The van der Waals surface area contributed by atoms with Gasteiger partial charge in [-0.15, -0.1) is 0 Å². The lowest BCUT2D eigenvalue weighted by molar-refractivity contribution is -0.143. The molecule has 1 aliphatic rings. The fraction of sp³-hybridized carbons (Fsp3) is 0.524. The summed E-state index contributed by atoms with van der Waals surface area (Å²) in [5, 5.41) is 9.75. The van der Waals surface area contributed by atoms with Crippen LogP contribution >= 0.6 is 0 Å². The number of nitrogens with one attached hydrogen (secondary N) is 2. The maximum Gasteiger partial charge on any atom is 0.416 e. The number of aromatic nitrogens is 1. The molecule has 0 atom stereocenters. The summed E-state index contributed by atoms with van der Waals surface area (Å²) in [4.78, 5) is 12.4. The van der Waals surface area contributed by atoms with Crippen molar-refractivity contribution in [2.45, 2.75) is 57.5 Å². The monoisotopic (exact) mass is 463 g/mol. The fourth-order valence-corrected chi connectivity index (χ4v) is 3.77. The second-order valence-corrected chi connectivity index (χ2v) is 8.05. The largest absolute Gasteiger partial charge is 0.416 e. The molecule has 1 aromatic heterocycles. The van der Waals surface area contributed by atoms with Crippen molar-refractivity contribution in [3.8, 4) is 0 Å². The zero-order valence-corrected chi connectivity index (χ0v) is 17.2. The minimum atomic E-state index is -4.99. The van der Waals surface area contributed by atoms with Crippen LogP contribution in [0.5, 0.6) is 0 Å². The highest BCUT2D eigenvalue weighted by molar-refractivity contribution is 5.94. The van der Waals surface area contributed by atoms with E-state index >= 15 is 0 Å². The van der Waals surface area contributed by atoms with Crippen molar-refractivity contribution in [3.05, 3.63) is 52.4 Å². The van der Waals surface area contributed by atoms with E-state index in [1.54, 1.807) is 6.92 Å². The maximum atomic E-state index is 13.0. The van der Waals surface area contributed by atoms with E-state index in [1.165, 1.54) is 0 Å². The molecule has 1 saturated carbocycles. The number of aryl methyl sites for hydroxylation is 1. The molecule has 2 aromatic rings. The van der Waals surface area contributed by atoms with Gasteiger partial charge in [-0.1, -0.05) is 5.16 Å². The molecule has 1 aliphatic carbocycles. The van der Waals surface area contributed by atoms with Crippen molar-refractivity contribution in [1.29, 1.82) is 0 Å². The van der Waals surface area contributed by atoms with E-state index in [4.69, 9.17) is 4.52 Å². The zero-order valence-electron chi connectivity index (χ0n) is 17.2. The number of halogens is 6. The first-order valence-corrected chi connectivity index (χ1v) is 10.1. The van der Waals surface area contributed by atoms with E-state index in [2.05, 4.69) is 15.8 Å². The van der Waals surface area contributed by atoms with Crippen LogP contribution < -0.4 is 10.6 Å². The van der Waals surface area contributed by atoms with Crippen molar-refractivity contribution < 1.29 is 35.7 Å². The molecule has 0 unspecified atom stereocenters. The molecule has 32 heavy (non-hydrogen) atoms. The second kappa shape index (κ2) is 9.51. The molecule has 5 nitrogen and oxygen atoms in total. The first-order chi connectivity index (χ1) is 14.9. The second-order valence-electron chi connectivity index (χ2n) is 8.05. The first kappa shape index (κ1) is 24.1. The Balaban J connectivity index is 1.54. The van der Waals surface area contributed by atoms with Crippen LogP contribution in [-0.4, -0.2) is 23.7 Å². The number of carbonyl (C=O) groups excluding carboxylic acids is 1. The van der Waals surface area contributed by atoms with Crippen LogP contribution in [0, 0.1) is 12.8 Å². The Morgan fingerprint density at radius 3 is 2.09 bits per heavy atom. The lowest BCUT2D eigenvalue weighted by Gasteiger charge is -2.29. The van der Waals surface area contributed by atoms with Crippen molar-refractivity contribution in [3.63, 3.8) is 0 Å². The van der Waals surface area contributed by atoms with Crippen LogP contribution in [0.3, 0.4) is 0 Å². The normalized spacial score (nSPS) is 19.7. The quantitative estimate of drug-likeness (QED) is 0.585. The molecule has 0 radical (unpaired) electrons. The Labute approximate surface area is 180 Å². The molecule has 1 heterocycles. The molecule has 1 aromatic carbocycles. The standard InChI is InChI=1S/C21H23F6N3O2/c1-12-6-18(30-32-12)11-28-10-13-2-4-17(5-3-13)29-19(31)14-7-15(20(22,23)24)9-16(8-14)21(25,26)27/h6-9,13,17,28H,2-5,10-11H2,1H3,(H,29,31)/t13-,17-. The highest BCUT2D eigenvalue weighted by Crippen LogP contribution is 2.36. The minimum absolute atomic E-state index is 0.00928. The van der Waals surface area contributed by atoms with Gasteiger partial charge in [0.05, 0.1) is 16.8 Å². The van der Waals surface area contributed by atoms with Crippen LogP contribution in [0.4, 0.5) is 26.3 Å². The number of hydrogen-bond donors (Lipinski definition) is 2. The first-order valence-electron chi connectivity index (χ1n) is 10.1. The Morgan fingerprint density at radius 2 is 1.59 bits per heavy atom. The summed E-state index contributed by atoms with van der Waals surface area (Å²) < 4.78 is 83.0. The van der Waals surface area contributed by atoms with Crippen molar-refractivity contribution in [2.24, 2.45) is 5.92 Å². The Kier molecular flexibility index (Phi) is 7.16. The highest BCUT2D eigenvalue weighted by atomic mass is 19.4. The molecule has 176 valence electrons. The van der Waals surface area contributed by atoms with Crippen molar-refractivity contribution in [2.75, 3.05) is 6.54 Å². The molecule has 0 spiro atoms. The lowest BCUT2D eigenvalue weighted by atomic mass is 9.86. The number of benzene rings is 1. The van der Waals surface area contributed by atoms with Crippen LogP contribution in [0.1, 0.15) is 58.6 Å². The van der Waals surface area contributed by atoms with Gasteiger partial charge in [-0.25, -0.2) is 0 Å². The summed E-state index contributed by atoms with van der Waals surface area (Å²) in [5.41, 5.74) is -2.87. The van der Waals surface area contributed by atoms with E-state index in [0.717, 1.165) is 30.8 Å². The van der Waals surface area contributed by atoms with E-state index in [1.807, 2.05) is 6.07 Å². The SMILES string of the molecule is Cc1cc(CNC[C@H]2CC[C@H](NC(=O)c3cc(C(F)(F)F)cc(C(F)(F)F)c3)CC2)no1. The summed E-state index contributed by atoms with van der Waals surface area (Å²) >= 11 is 0. The van der Waals surface area contributed by atoms with E-state index in [9.17, 15) is 31.1 Å². The lowest BCUT2D eigenvalue weighted by Crippen LogP contribution is -2.39. The van der Waals surface area contributed by atoms with Gasteiger partial charge < -0.3 is 15.2 Å². The minimum Gasteiger partial charge on any atom is -0.361 e. The molecule has 1 amide bonds. The van der Waals surface area contributed by atoms with Gasteiger partial charge in [0.15, 0.2) is 0 Å². The molecule has 11 heteroatoms. The topological polar surface area (TPSA) is 67.2 Å². The summed E-state index contributed by atoms with van der Waals surface area (Å²) in [6.45, 7) is 3.09. The predicted octanol–water partition coefficient (Wildman–Crippen LogP) is 5.10. The molecule has 0 aliphatic heterocycles. The summed E-state index contributed by atoms with van der Waals surface area (Å²) in [7, 11) is 0. The Bertz CT molecular complexity index is 898. The highest BCUT2D eigenvalue weighted by Gasteiger charge is 2.37. The third-order valence-electron chi connectivity index (χ3n) is 5.45. The van der Waals surface area contributed by atoms with Crippen LogP contribution in [0.15, 0.2) is 28.8 Å². The molecule has 0 saturated heterocycles. The van der Waals surface area contributed by atoms with Gasteiger partial charge in [0.25, 0.3) is 5.91 Å². The number of carbonyl (C=O) groups is 1. The zero-order chi connectivity index (χ0) is 23.5. The van der Waals surface area contributed by atoms with Crippen LogP contribution in [0.2, 0.25) is 0 Å². The van der Waals surface area contributed by atoms with Gasteiger partial charge in [0.1, 0.15) is 5.76 Å². The van der Waals surface area contributed by atoms with Gasteiger partial charge in [-0.2, -0.15) is 26.3 Å². The molecular weight excluding hydrogens is 440 g/mol. The van der Waals surface area contributed by atoms with Crippen LogP contribution in [0.25, 0.3) is 0 Å². The number of rotatable bonds is 6. The number of nitrogens with zero attached hydrogens (tertiary/aromatic N) is 1. The maximum absolute atomic E-state index is 13.0. The molecular formula is C21H23F6N3O2. The molecule has 1 fully saturated rings. The predicted molar refractivity (Wildman–Crippen MR) is 103 cm³/mol. The molecule has 2 N–H and O–H groups in total.